The Balaban J connectivity index is 2.39. The van der Waals surface area contributed by atoms with Crippen LogP contribution in [0.2, 0.25) is 0 Å². The lowest BCUT2D eigenvalue weighted by molar-refractivity contribution is 0.469. The molecule has 0 aromatic heterocycles. The first-order chi connectivity index (χ1) is 9.40. The zero-order chi connectivity index (χ0) is 14.8. The van der Waals surface area contributed by atoms with Crippen molar-refractivity contribution in [1.29, 1.82) is 0 Å². The highest BCUT2D eigenvalue weighted by molar-refractivity contribution is 5.40. The van der Waals surface area contributed by atoms with E-state index in [4.69, 9.17) is 0 Å². The molecule has 1 nitrogen and oxygen atoms in total. The van der Waals surface area contributed by atoms with Crippen LogP contribution < -0.4 is 0 Å². The summed E-state index contributed by atoms with van der Waals surface area (Å²) >= 11 is 0. The Labute approximate surface area is 122 Å². The van der Waals surface area contributed by atoms with Gasteiger partial charge in [-0.05, 0) is 40.2 Å². The molecule has 1 heteroatoms. The van der Waals surface area contributed by atoms with Crippen molar-refractivity contribution in [2.45, 2.75) is 46.0 Å². The molecule has 2 rings (SSSR count). The Morgan fingerprint density at radius 3 is 2.20 bits per heavy atom. The van der Waals surface area contributed by atoms with Gasteiger partial charge in [0, 0.05) is 6.42 Å². The fraction of sp³-hybridized carbons (Fsp3) is 0.368. The molecule has 0 atom stereocenters. The quantitative estimate of drug-likeness (QED) is 0.844. The first kappa shape index (κ1) is 14.6. The lowest BCUT2D eigenvalue weighted by Crippen LogP contribution is -2.12. The van der Waals surface area contributed by atoms with E-state index in [0.717, 1.165) is 18.4 Å². The van der Waals surface area contributed by atoms with E-state index >= 15 is 0 Å². The minimum absolute atomic E-state index is 0.151. The van der Waals surface area contributed by atoms with E-state index in [-0.39, 0.29) is 5.41 Å². The molecule has 0 aliphatic carbocycles. The summed E-state index contributed by atoms with van der Waals surface area (Å²) in [4.78, 5) is 0. The topological polar surface area (TPSA) is 20.2 Å². The van der Waals surface area contributed by atoms with Crippen LogP contribution in [0.15, 0.2) is 42.5 Å². The summed E-state index contributed by atoms with van der Waals surface area (Å²) in [6.45, 7) is 8.91. The molecule has 0 saturated heterocycles. The average Bonchev–Trinajstić information content (AvgIpc) is 2.40. The van der Waals surface area contributed by atoms with Crippen molar-refractivity contribution in [1.82, 2.24) is 0 Å². The van der Waals surface area contributed by atoms with Crippen molar-refractivity contribution < 1.29 is 5.11 Å². The van der Waals surface area contributed by atoms with Gasteiger partial charge in [0.2, 0.25) is 0 Å². The molecule has 1 N–H and O–H groups in total. The number of aromatic hydroxyl groups is 1. The van der Waals surface area contributed by atoms with E-state index in [1.165, 1.54) is 16.7 Å². The van der Waals surface area contributed by atoms with Gasteiger partial charge in [0.05, 0.1) is 0 Å². The molecule has 20 heavy (non-hydrogen) atoms. The second-order valence-corrected chi connectivity index (χ2v) is 6.45. The van der Waals surface area contributed by atoms with E-state index in [2.05, 4.69) is 45.9 Å². The molecule has 0 aliphatic rings. The standard InChI is InChI=1S/C19H24O/c1-5-14-10-15(13-17(12-14)19(2,3)4)11-16-8-6-7-9-18(16)20/h6-10,12-13,20H,5,11H2,1-4H3. The largest absolute Gasteiger partial charge is 0.508 e. The number of hydrogen-bond donors (Lipinski definition) is 1. The summed E-state index contributed by atoms with van der Waals surface area (Å²) in [6, 6.07) is 14.4. The zero-order valence-electron chi connectivity index (χ0n) is 12.9. The number of para-hydroxylation sites is 1. The van der Waals surface area contributed by atoms with Gasteiger partial charge in [-0.1, -0.05) is 64.1 Å². The van der Waals surface area contributed by atoms with E-state index < -0.39 is 0 Å². The summed E-state index contributed by atoms with van der Waals surface area (Å²) in [7, 11) is 0. The third kappa shape index (κ3) is 3.41. The molecule has 0 amide bonds. The van der Waals surface area contributed by atoms with Crippen molar-refractivity contribution in [3.8, 4) is 5.75 Å². The summed E-state index contributed by atoms with van der Waals surface area (Å²) in [5.41, 5.74) is 5.14. The molecular formula is C19H24O. The lowest BCUT2D eigenvalue weighted by atomic mass is 9.84. The predicted octanol–water partition coefficient (Wildman–Crippen LogP) is 4.84. The molecule has 106 valence electrons. The van der Waals surface area contributed by atoms with E-state index in [1.54, 1.807) is 6.07 Å². The molecule has 0 fully saturated rings. The molecular weight excluding hydrogens is 244 g/mol. The van der Waals surface area contributed by atoms with E-state index in [9.17, 15) is 5.11 Å². The van der Waals surface area contributed by atoms with Crippen molar-refractivity contribution in [3.05, 3.63) is 64.7 Å². The molecule has 0 saturated carbocycles. The first-order valence-corrected chi connectivity index (χ1v) is 7.30. The van der Waals surface area contributed by atoms with Crippen molar-refractivity contribution >= 4 is 0 Å². The van der Waals surface area contributed by atoms with Crippen LogP contribution in [-0.2, 0) is 18.3 Å². The van der Waals surface area contributed by atoms with Gasteiger partial charge in [-0.25, -0.2) is 0 Å². The predicted molar refractivity (Wildman–Crippen MR) is 85.4 cm³/mol. The van der Waals surface area contributed by atoms with Gasteiger partial charge in [-0.2, -0.15) is 0 Å². The fourth-order valence-electron chi connectivity index (χ4n) is 2.38. The highest BCUT2D eigenvalue weighted by Gasteiger charge is 2.15. The van der Waals surface area contributed by atoms with Crippen LogP contribution in [0, 0.1) is 0 Å². The van der Waals surface area contributed by atoms with Crippen molar-refractivity contribution in [2.24, 2.45) is 0 Å². The summed E-state index contributed by atoms with van der Waals surface area (Å²) < 4.78 is 0. The maximum Gasteiger partial charge on any atom is 0.119 e. The van der Waals surface area contributed by atoms with E-state index in [1.807, 2.05) is 18.2 Å². The van der Waals surface area contributed by atoms with Crippen LogP contribution in [0.4, 0.5) is 0 Å². The Bertz CT molecular complexity index is 591. The van der Waals surface area contributed by atoms with Gasteiger partial charge in [0.15, 0.2) is 0 Å². The van der Waals surface area contributed by atoms with Gasteiger partial charge < -0.3 is 5.11 Å². The van der Waals surface area contributed by atoms with Crippen molar-refractivity contribution in [3.63, 3.8) is 0 Å². The highest BCUT2D eigenvalue weighted by Crippen LogP contribution is 2.27. The van der Waals surface area contributed by atoms with Gasteiger partial charge in [-0.3, -0.25) is 0 Å². The Hall–Kier alpha value is -1.76. The maximum atomic E-state index is 9.93. The zero-order valence-corrected chi connectivity index (χ0v) is 12.9. The van der Waals surface area contributed by atoms with Crippen LogP contribution in [0.25, 0.3) is 0 Å². The SMILES string of the molecule is CCc1cc(Cc2ccccc2O)cc(C(C)(C)C)c1. The molecule has 0 aliphatic heterocycles. The number of rotatable bonds is 3. The number of benzene rings is 2. The third-order valence-corrected chi connectivity index (χ3v) is 3.71. The fourth-order valence-corrected chi connectivity index (χ4v) is 2.38. The lowest BCUT2D eigenvalue weighted by Gasteiger charge is -2.21. The van der Waals surface area contributed by atoms with Crippen molar-refractivity contribution in [2.75, 3.05) is 0 Å². The second-order valence-electron chi connectivity index (χ2n) is 6.45. The molecule has 0 heterocycles. The maximum absolute atomic E-state index is 9.93. The van der Waals surface area contributed by atoms with Crippen LogP contribution in [0.1, 0.15) is 49.9 Å². The molecule has 2 aromatic rings. The number of aryl methyl sites for hydroxylation is 1. The number of phenols is 1. The average molecular weight is 268 g/mol. The highest BCUT2D eigenvalue weighted by atomic mass is 16.3. The Kier molecular flexibility index (Phi) is 4.17. The van der Waals surface area contributed by atoms with Gasteiger partial charge in [0.25, 0.3) is 0 Å². The molecule has 0 unspecified atom stereocenters. The molecule has 0 radical (unpaired) electrons. The monoisotopic (exact) mass is 268 g/mol. The summed E-state index contributed by atoms with van der Waals surface area (Å²) in [6.07, 6.45) is 1.82. The normalized spacial score (nSPS) is 11.6. The molecule has 2 aromatic carbocycles. The summed E-state index contributed by atoms with van der Waals surface area (Å²) in [5.74, 6) is 0.381. The van der Waals surface area contributed by atoms with Gasteiger partial charge in [-0.15, -0.1) is 0 Å². The minimum atomic E-state index is 0.151. The number of phenolic OH excluding ortho intramolecular Hbond substituents is 1. The number of hydrogen-bond acceptors (Lipinski definition) is 1. The van der Waals surface area contributed by atoms with Crippen LogP contribution in [-0.4, -0.2) is 5.11 Å². The molecule has 0 spiro atoms. The van der Waals surface area contributed by atoms with Gasteiger partial charge >= 0.3 is 0 Å². The Morgan fingerprint density at radius 2 is 1.60 bits per heavy atom. The third-order valence-electron chi connectivity index (χ3n) is 3.71. The first-order valence-electron chi connectivity index (χ1n) is 7.30. The van der Waals surface area contributed by atoms with E-state index in [0.29, 0.717) is 5.75 Å². The minimum Gasteiger partial charge on any atom is -0.508 e. The summed E-state index contributed by atoms with van der Waals surface area (Å²) in [5, 5.41) is 9.93. The van der Waals surface area contributed by atoms with Gasteiger partial charge in [0.1, 0.15) is 5.75 Å². The van der Waals surface area contributed by atoms with Crippen LogP contribution in [0.3, 0.4) is 0 Å². The van der Waals surface area contributed by atoms with Crippen LogP contribution >= 0.6 is 0 Å². The second kappa shape index (κ2) is 5.70. The smallest absolute Gasteiger partial charge is 0.119 e. The van der Waals surface area contributed by atoms with Crippen LogP contribution in [0.5, 0.6) is 5.75 Å². The molecule has 0 bridgehead atoms. The Morgan fingerprint density at radius 1 is 0.950 bits per heavy atom.